The van der Waals surface area contributed by atoms with Crippen molar-refractivity contribution >= 4 is 22.7 Å². The number of methoxy groups -OCH3 is 2. The number of nitrogens with zero attached hydrogens (tertiary/aromatic N) is 2. The molecule has 1 N–H and O–H groups in total. The predicted molar refractivity (Wildman–Crippen MR) is 116 cm³/mol. The Balaban J connectivity index is 1.57. The second-order valence-electron chi connectivity index (χ2n) is 8.27. The quantitative estimate of drug-likeness (QED) is 0.706. The van der Waals surface area contributed by atoms with Crippen molar-refractivity contribution in [2.24, 2.45) is 0 Å². The highest BCUT2D eigenvalue weighted by Gasteiger charge is 2.54. The van der Waals surface area contributed by atoms with E-state index in [4.69, 9.17) is 9.47 Å². The summed E-state index contributed by atoms with van der Waals surface area (Å²) in [5, 5.41) is 1.04. The summed E-state index contributed by atoms with van der Waals surface area (Å²) in [4.78, 5) is 33.7. The Morgan fingerprint density at radius 2 is 1.84 bits per heavy atom. The first-order valence-electron chi connectivity index (χ1n) is 10.4. The van der Waals surface area contributed by atoms with E-state index in [1.807, 2.05) is 49.4 Å². The Labute approximate surface area is 180 Å². The molecule has 5 rings (SSSR count). The van der Waals surface area contributed by atoms with Gasteiger partial charge in [0.05, 0.1) is 19.9 Å². The molecule has 1 aromatic heterocycles. The maximum Gasteiger partial charge on any atom is 0.255 e. The molecule has 1 saturated heterocycles. The number of ether oxygens (including phenoxy) is 2. The molecule has 2 aromatic carbocycles. The van der Waals surface area contributed by atoms with Crippen LogP contribution in [-0.2, 0) is 28.1 Å². The molecule has 0 bridgehead atoms. The van der Waals surface area contributed by atoms with Gasteiger partial charge in [0.25, 0.3) is 5.91 Å². The summed E-state index contributed by atoms with van der Waals surface area (Å²) < 4.78 is 10.7. The first kappa shape index (κ1) is 19.5. The van der Waals surface area contributed by atoms with Crippen LogP contribution in [0, 0.1) is 0 Å². The minimum Gasteiger partial charge on any atom is -0.497 e. The van der Waals surface area contributed by atoms with E-state index in [0.717, 1.165) is 39.2 Å². The molecule has 0 aliphatic carbocycles. The average Bonchev–Trinajstić information content (AvgIpc) is 3.16. The van der Waals surface area contributed by atoms with Crippen LogP contribution in [0.2, 0.25) is 0 Å². The van der Waals surface area contributed by atoms with E-state index >= 15 is 0 Å². The van der Waals surface area contributed by atoms with Crippen molar-refractivity contribution < 1.29 is 19.1 Å². The Kier molecular flexibility index (Phi) is 4.43. The lowest BCUT2D eigenvalue weighted by molar-refractivity contribution is -0.166. The third-order valence-electron chi connectivity index (χ3n) is 6.56. The van der Waals surface area contributed by atoms with E-state index in [1.54, 1.807) is 24.0 Å². The number of carbonyl (C=O) groups excluding carboxylic acids is 2. The van der Waals surface area contributed by atoms with Gasteiger partial charge in [-0.25, -0.2) is 0 Å². The maximum absolute atomic E-state index is 13.8. The van der Waals surface area contributed by atoms with Crippen molar-refractivity contribution in [3.8, 4) is 11.5 Å². The van der Waals surface area contributed by atoms with Crippen LogP contribution in [0.3, 0.4) is 0 Å². The van der Waals surface area contributed by atoms with Gasteiger partial charge in [-0.15, -0.1) is 0 Å². The lowest BCUT2D eigenvalue weighted by atomic mass is 9.83. The summed E-state index contributed by atoms with van der Waals surface area (Å²) in [6.45, 7) is 2.81. The monoisotopic (exact) mass is 419 g/mol. The van der Waals surface area contributed by atoms with Gasteiger partial charge in [-0.05, 0) is 54.8 Å². The second-order valence-corrected chi connectivity index (χ2v) is 8.27. The number of rotatable bonds is 4. The number of benzene rings is 2. The summed E-state index contributed by atoms with van der Waals surface area (Å²) in [6.07, 6.45) is 0.701. The number of hydrogen-bond acceptors (Lipinski definition) is 4. The van der Waals surface area contributed by atoms with Crippen LogP contribution >= 0.6 is 0 Å². The van der Waals surface area contributed by atoms with Crippen LogP contribution < -0.4 is 9.47 Å². The number of aromatic nitrogens is 1. The number of piperazine rings is 1. The molecule has 1 fully saturated rings. The predicted octanol–water partition coefficient (Wildman–Crippen LogP) is 2.83. The number of H-pyrrole nitrogens is 1. The van der Waals surface area contributed by atoms with E-state index in [9.17, 15) is 9.59 Å². The largest absolute Gasteiger partial charge is 0.497 e. The summed E-state index contributed by atoms with van der Waals surface area (Å²) in [6, 6.07) is 13.4. The van der Waals surface area contributed by atoms with Gasteiger partial charge in [0.2, 0.25) is 5.91 Å². The first-order valence-corrected chi connectivity index (χ1v) is 10.4. The molecule has 3 heterocycles. The smallest absolute Gasteiger partial charge is 0.255 e. The van der Waals surface area contributed by atoms with Crippen molar-refractivity contribution in [1.29, 1.82) is 0 Å². The molecule has 2 amide bonds. The van der Waals surface area contributed by atoms with E-state index in [2.05, 4.69) is 4.98 Å². The molecule has 0 radical (unpaired) electrons. The van der Waals surface area contributed by atoms with Crippen molar-refractivity contribution in [2.45, 2.75) is 25.4 Å². The zero-order chi connectivity index (χ0) is 21.8. The number of fused-ring (bicyclic) bond motifs is 5. The maximum atomic E-state index is 13.8. The van der Waals surface area contributed by atoms with Gasteiger partial charge in [-0.1, -0.05) is 12.1 Å². The molecule has 7 nitrogen and oxygen atoms in total. The van der Waals surface area contributed by atoms with Crippen molar-refractivity contribution in [3.05, 3.63) is 59.3 Å². The van der Waals surface area contributed by atoms with Crippen LogP contribution in [0.4, 0.5) is 0 Å². The molecular weight excluding hydrogens is 394 g/mol. The Morgan fingerprint density at radius 3 is 2.61 bits per heavy atom. The molecule has 1 unspecified atom stereocenters. The standard InChI is InChI=1S/C24H25N3O4/c1-24-22-18(19-12-17(31-3)7-8-20(19)25-22)9-10-27(24)21(28)14-26(23(24)29)13-15-5-4-6-16(11-15)30-2/h4-8,11-12,25H,9-10,13-14H2,1-3H3. The number of carbonyl (C=O) groups is 2. The fourth-order valence-electron chi connectivity index (χ4n) is 4.95. The minimum absolute atomic E-state index is 0.0353. The topological polar surface area (TPSA) is 74.9 Å². The zero-order valence-electron chi connectivity index (χ0n) is 17.9. The number of amides is 2. The Morgan fingerprint density at radius 1 is 1.06 bits per heavy atom. The van der Waals surface area contributed by atoms with Crippen LogP contribution in [0.15, 0.2) is 42.5 Å². The van der Waals surface area contributed by atoms with Crippen LogP contribution in [0.5, 0.6) is 11.5 Å². The van der Waals surface area contributed by atoms with Gasteiger partial charge in [-0.2, -0.15) is 0 Å². The molecule has 2 aliphatic rings. The molecule has 2 aliphatic heterocycles. The third kappa shape index (κ3) is 2.87. The Bertz CT molecular complexity index is 1200. The van der Waals surface area contributed by atoms with Crippen molar-refractivity contribution in [2.75, 3.05) is 27.3 Å². The molecule has 7 heteroatoms. The normalized spacial score (nSPS) is 20.6. The average molecular weight is 419 g/mol. The van der Waals surface area contributed by atoms with E-state index in [0.29, 0.717) is 19.5 Å². The first-order chi connectivity index (χ1) is 15.0. The van der Waals surface area contributed by atoms with E-state index in [-0.39, 0.29) is 18.4 Å². The van der Waals surface area contributed by atoms with Gasteiger partial charge in [0.15, 0.2) is 5.54 Å². The van der Waals surface area contributed by atoms with Crippen LogP contribution in [0.25, 0.3) is 10.9 Å². The Hall–Kier alpha value is -3.48. The number of aromatic amines is 1. The van der Waals surface area contributed by atoms with E-state index in [1.165, 1.54) is 0 Å². The molecule has 31 heavy (non-hydrogen) atoms. The van der Waals surface area contributed by atoms with Crippen molar-refractivity contribution in [3.63, 3.8) is 0 Å². The highest BCUT2D eigenvalue weighted by atomic mass is 16.5. The minimum atomic E-state index is -1.06. The number of nitrogens with one attached hydrogen (secondary N) is 1. The summed E-state index contributed by atoms with van der Waals surface area (Å²) >= 11 is 0. The SMILES string of the molecule is COc1cccc(CN2CC(=O)N3CCc4c([nH]c5ccc(OC)cc45)C3(C)C2=O)c1. The zero-order valence-corrected chi connectivity index (χ0v) is 17.9. The molecule has 1 atom stereocenters. The summed E-state index contributed by atoms with van der Waals surface area (Å²) in [5.74, 6) is 1.39. The summed E-state index contributed by atoms with van der Waals surface area (Å²) in [5.41, 5.74) is 2.69. The fraction of sp³-hybridized carbons (Fsp3) is 0.333. The molecule has 160 valence electrons. The highest BCUT2D eigenvalue weighted by molar-refractivity contribution is 6.00. The lowest BCUT2D eigenvalue weighted by Crippen LogP contribution is -2.66. The van der Waals surface area contributed by atoms with Crippen LogP contribution in [-0.4, -0.2) is 53.9 Å². The fourth-order valence-corrected chi connectivity index (χ4v) is 4.95. The van der Waals surface area contributed by atoms with E-state index < -0.39 is 5.54 Å². The number of hydrogen-bond donors (Lipinski definition) is 1. The van der Waals surface area contributed by atoms with Gasteiger partial charge >= 0.3 is 0 Å². The van der Waals surface area contributed by atoms with Crippen molar-refractivity contribution in [1.82, 2.24) is 14.8 Å². The molecular formula is C24H25N3O4. The summed E-state index contributed by atoms with van der Waals surface area (Å²) in [7, 11) is 3.26. The molecule has 3 aromatic rings. The van der Waals surface area contributed by atoms with Crippen LogP contribution in [0.1, 0.15) is 23.7 Å². The van der Waals surface area contributed by atoms with Gasteiger partial charge in [0.1, 0.15) is 18.0 Å². The van der Waals surface area contributed by atoms with Gasteiger partial charge < -0.3 is 24.3 Å². The highest BCUT2D eigenvalue weighted by Crippen LogP contribution is 2.42. The molecule has 0 saturated carbocycles. The lowest BCUT2D eigenvalue weighted by Gasteiger charge is -2.49. The molecule has 0 spiro atoms. The third-order valence-corrected chi connectivity index (χ3v) is 6.56. The second kappa shape index (κ2) is 7.04. The van der Waals surface area contributed by atoms with Gasteiger partial charge in [-0.3, -0.25) is 9.59 Å². The van der Waals surface area contributed by atoms with Gasteiger partial charge in [0, 0.05) is 24.0 Å².